The number of hydrogen-bond donors (Lipinski definition) is 2. The lowest BCUT2D eigenvalue weighted by atomic mass is 10.1. The van der Waals surface area contributed by atoms with E-state index in [9.17, 15) is 10.1 Å². The number of nitrogens with zero attached hydrogens (tertiary/aromatic N) is 3. The monoisotopic (exact) mass is 353 g/mol. The molecule has 2 N–H and O–H groups in total. The van der Waals surface area contributed by atoms with E-state index in [0.29, 0.717) is 24.7 Å². The average molecular weight is 353 g/mol. The first-order valence-electron chi connectivity index (χ1n) is 9.26. The first kappa shape index (κ1) is 18.3. The van der Waals surface area contributed by atoms with Gasteiger partial charge < -0.3 is 20.1 Å². The molecule has 1 aromatic carbocycles. The standard InChI is InChI=1S/C20H27N5O/c1-14(2)23-20(26)24(9-8-22-3)13-25-12-18(16-5-6-16)17-10-15(11-21)4-7-19(17)25/h4,7,10,12,14,16,22H,5-6,8-9,13H2,1-3H3,(H,23,26). The zero-order valence-corrected chi connectivity index (χ0v) is 15.7. The maximum Gasteiger partial charge on any atom is 0.319 e. The summed E-state index contributed by atoms with van der Waals surface area (Å²) in [7, 11) is 1.89. The van der Waals surface area contributed by atoms with Gasteiger partial charge in [0.05, 0.1) is 18.3 Å². The summed E-state index contributed by atoms with van der Waals surface area (Å²) in [4.78, 5) is 14.4. The van der Waals surface area contributed by atoms with Crippen molar-refractivity contribution in [1.82, 2.24) is 20.1 Å². The van der Waals surface area contributed by atoms with Gasteiger partial charge in [-0.25, -0.2) is 4.79 Å². The van der Waals surface area contributed by atoms with E-state index in [4.69, 9.17) is 0 Å². The predicted molar refractivity (Wildman–Crippen MR) is 103 cm³/mol. The maximum atomic E-state index is 12.6. The van der Waals surface area contributed by atoms with Gasteiger partial charge in [-0.05, 0) is 63.4 Å². The SMILES string of the molecule is CNCCN(Cn1cc(C2CC2)c2cc(C#N)ccc21)C(=O)NC(C)C. The molecule has 0 radical (unpaired) electrons. The molecule has 1 heterocycles. The Balaban J connectivity index is 1.92. The third-order valence-corrected chi connectivity index (χ3v) is 4.71. The number of amides is 2. The van der Waals surface area contributed by atoms with Crippen molar-refractivity contribution in [3.63, 3.8) is 0 Å². The van der Waals surface area contributed by atoms with Crippen LogP contribution in [0.4, 0.5) is 4.79 Å². The van der Waals surface area contributed by atoms with Crippen LogP contribution in [0, 0.1) is 11.3 Å². The number of aromatic nitrogens is 1. The van der Waals surface area contributed by atoms with Crippen molar-refractivity contribution < 1.29 is 4.79 Å². The van der Waals surface area contributed by atoms with E-state index in [2.05, 4.69) is 27.5 Å². The number of rotatable bonds is 7. The molecule has 0 atom stereocenters. The van der Waals surface area contributed by atoms with Gasteiger partial charge in [-0.15, -0.1) is 0 Å². The van der Waals surface area contributed by atoms with E-state index in [0.717, 1.165) is 17.4 Å². The van der Waals surface area contributed by atoms with Crippen LogP contribution in [0.1, 0.15) is 43.7 Å². The highest BCUT2D eigenvalue weighted by atomic mass is 16.2. The highest BCUT2D eigenvalue weighted by Gasteiger charge is 2.28. The van der Waals surface area contributed by atoms with E-state index < -0.39 is 0 Å². The second-order valence-corrected chi connectivity index (χ2v) is 7.28. The van der Waals surface area contributed by atoms with Crippen molar-refractivity contribution in [3.05, 3.63) is 35.5 Å². The van der Waals surface area contributed by atoms with Gasteiger partial charge in [0.25, 0.3) is 0 Å². The molecule has 6 heteroatoms. The zero-order chi connectivity index (χ0) is 18.7. The van der Waals surface area contributed by atoms with Crippen LogP contribution >= 0.6 is 0 Å². The van der Waals surface area contributed by atoms with Crippen LogP contribution in [0.25, 0.3) is 10.9 Å². The summed E-state index contributed by atoms with van der Waals surface area (Å²) in [6.07, 6.45) is 4.57. The third-order valence-electron chi connectivity index (χ3n) is 4.71. The first-order chi connectivity index (χ1) is 12.5. The fraction of sp³-hybridized carbons (Fsp3) is 0.500. The van der Waals surface area contributed by atoms with Crippen molar-refractivity contribution >= 4 is 16.9 Å². The minimum Gasteiger partial charge on any atom is -0.336 e. The topological polar surface area (TPSA) is 73.1 Å². The second-order valence-electron chi connectivity index (χ2n) is 7.28. The van der Waals surface area contributed by atoms with Gasteiger partial charge in [0.15, 0.2) is 0 Å². The summed E-state index contributed by atoms with van der Waals surface area (Å²) in [6.45, 7) is 5.79. The van der Waals surface area contributed by atoms with Gasteiger partial charge >= 0.3 is 6.03 Å². The molecule has 26 heavy (non-hydrogen) atoms. The highest BCUT2D eigenvalue weighted by molar-refractivity contribution is 5.86. The number of urea groups is 1. The summed E-state index contributed by atoms with van der Waals surface area (Å²) in [6, 6.07) is 8.10. The molecule has 1 aliphatic carbocycles. The van der Waals surface area contributed by atoms with Crippen molar-refractivity contribution in [2.75, 3.05) is 20.1 Å². The number of benzene rings is 1. The number of likely N-dealkylation sites (N-methyl/N-ethyl adjacent to an activating group) is 1. The van der Waals surface area contributed by atoms with Crippen LogP contribution in [0.15, 0.2) is 24.4 Å². The molecule has 0 aliphatic heterocycles. The molecule has 2 aromatic rings. The maximum absolute atomic E-state index is 12.6. The van der Waals surface area contributed by atoms with Crippen LogP contribution in [0.5, 0.6) is 0 Å². The summed E-state index contributed by atoms with van der Waals surface area (Å²) in [5, 5.41) is 16.5. The minimum atomic E-state index is -0.0567. The van der Waals surface area contributed by atoms with Gasteiger partial charge in [0, 0.05) is 36.2 Å². The van der Waals surface area contributed by atoms with Crippen molar-refractivity contribution in [1.29, 1.82) is 5.26 Å². The molecule has 0 spiro atoms. The van der Waals surface area contributed by atoms with E-state index in [-0.39, 0.29) is 12.1 Å². The number of fused-ring (bicyclic) bond motifs is 1. The van der Waals surface area contributed by atoms with Gasteiger partial charge in [0.1, 0.15) is 0 Å². The summed E-state index contributed by atoms with van der Waals surface area (Å²) >= 11 is 0. The lowest BCUT2D eigenvalue weighted by Crippen LogP contribution is -2.45. The molecule has 2 amide bonds. The Labute approximate surface area is 154 Å². The molecule has 0 unspecified atom stereocenters. The predicted octanol–water partition coefficient (Wildman–Crippen LogP) is 2.99. The molecule has 6 nitrogen and oxygen atoms in total. The normalized spacial score (nSPS) is 13.8. The van der Waals surface area contributed by atoms with Crippen LogP contribution < -0.4 is 10.6 Å². The number of carbonyl (C=O) groups is 1. The van der Waals surface area contributed by atoms with Crippen molar-refractivity contribution in [2.24, 2.45) is 0 Å². The highest BCUT2D eigenvalue weighted by Crippen LogP contribution is 2.44. The van der Waals surface area contributed by atoms with Gasteiger partial charge in [-0.1, -0.05) is 0 Å². The molecule has 0 bridgehead atoms. The summed E-state index contributed by atoms with van der Waals surface area (Å²) in [5.41, 5.74) is 3.06. The lowest BCUT2D eigenvalue weighted by Gasteiger charge is -2.25. The van der Waals surface area contributed by atoms with Gasteiger partial charge in [0.2, 0.25) is 0 Å². The molecule has 0 saturated heterocycles. The molecule has 1 fully saturated rings. The van der Waals surface area contributed by atoms with Crippen LogP contribution in [0.3, 0.4) is 0 Å². The van der Waals surface area contributed by atoms with E-state index in [1.54, 1.807) is 0 Å². The molecule has 3 rings (SSSR count). The van der Waals surface area contributed by atoms with E-state index in [1.807, 2.05) is 44.0 Å². The molecular weight excluding hydrogens is 326 g/mol. The summed E-state index contributed by atoms with van der Waals surface area (Å²) < 4.78 is 2.14. The zero-order valence-electron chi connectivity index (χ0n) is 15.7. The Morgan fingerprint density at radius 3 is 2.81 bits per heavy atom. The van der Waals surface area contributed by atoms with Gasteiger partial charge in [-0.2, -0.15) is 5.26 Å². The number of hydrogen-bond acceptors (Lipinski definition) is 3. The van der Waals surface area contributed by atoms with Crippen LogP contribution in [-0.4, -0.2) is 41.7 Å². The lowest BCUT2D eigenvalue weighted by molar-refractivity contribution is 0.181. The minimum absolute atomic E-state index is 0.0567. The number of nitrogens with one attached hydrogen (secondary N) is 2. The number of carbonyl (C=O) groups excluding carboxylic acids is 1. The van der Waals surface area contributed by atoms with Crippen LogP contribution in [0.2, 0.25) is 0 Å². The van der Waals surface area contributed by atoms with E-state index in [1.165, 1.54) is 18.4 Å². The molecular formula is C20H27N5O. The number of nitriles is 1. The van der Waals surface area contributed by atoms with Crippen LogP contribution in [-0.2, 0) is 6.67 Å². The molecule has 1 aliphatic rings. The van der Waals surface area contributed by atoms with Crippen molar-refractivity contribution in [2.45, 2.75) is 45.3 Å². The Kier molecular flexibility index (Phi) is 5.48. The largest absolute Gasteiger partial charge is 0.336 e. The Hall–Kier alpha value is -2.52. The first-order valence-corrected chi connectivity index (χ1v) is 9.26. The fourth-order valence-electron chi connectivity index (χ4n) is 3.24. The average Bonchev–Trinajstić information content (AvgIpc) is 3.40. The van der Waals surface area contributed by atoms with Crippen molar-refractivity contribution in [3.8, 4) is 6.07 Å². The Morgan fingerprint density at radius 1 is 1.42 bits per heavy atom. The second kappa shape index (κ2) is 7.79. The summed E-state index contributed by atoms with van der Waals surface area (Å²) in [5.74, 6) is 0.586. The van der Waals surface area contributed by atoms with Gasteiger partial charge in [-0.3, -0.25) is 0 Å². The quantitative estimate of drug-likeness (QED) is 0.804. The smallest absolute Gasteiger partial charge is 0.319 e. The molecule has 1 aromatic heterocycles. The molecule has 138 valence electrons. The molecule has 1 saturated carbocycles. The fourth-order valence-corrected chi connectivity index (χ4v) is 3.24. The third kappa shape index (κ3) is 4.00. The van der Waals surface area contributed by atoms with E-state index >= 15 is 0 Å². The Morgan fingerprint density at radius 2 is 2.19 bits per heavy atom. The Bertz CT molecular complexity index is 829.